The molecule has 0 fully saturated rings. The monoisotopic (exact) mass is 350 g/mol. The van der Waals surface area contributed by atoms with Crippen molar-refractivity contribution in [2.45, 2.75) is 13.5 Å². The van der Waals surface area contributed by atoms with Crippen LogP contribution in [0.4, 0.5) is 0 Å². The predicted octanol–water partition coefficient (Wildman–Crippen LogP) is 4.77. The fourth-order valence-corrected chi connectivity index (χ4v) is 3.92. The third-order valence-electron chi connectivity index (χ3n) is 3.27. The van der Waals surface area contributed by atoms with Crippen molar-refractivity contribution in [1.82, 2.24) is 4.57 Å². The largest absolute Gasteiger partial charge is 0.315 e. The number of aromatic nitrogens is 1. The summed E-state index contributed by atoms with van der Waals surface area (Å²) >= 11 is 13.8. The van der Waals surface area contributed by atoms with Gasteiger partial charge in [-0.15, -0.1) is 0 Å². The summed E-state index contributed by atoms with van der Waals surface area (Å²) < 4.78 is 2.94. The van der Waals surface area contributed by atoms with Crippen LogP contribution in [0.1, 0.15) is 17.3 Å². The van der Waals surface area contributed by atoms with Crippen LogP contribution in [-0.2, 0) is 6.54 Å². The molecule has 3 aromatic rings. The Labute approximate surface area is 141 Å². The van der Waals surface area contributed by atoms with Crippen molar-refractivity contribution in [2.75, 3.05) is 0 Å². The minimum Gasteiger partial charge on any atom is -0.315 e. The molecule has 2 aromatic carbocycles. The number of amides is 1. The molecule has 0 spiro atoms. The van der Waals surface area contributed by atoms with Gasteiger partial charge in [0, 0.05) is 6.54 Å². The molecule has 0 N–H and O–H groups in total. The smallest absolute Gasteiger partial charge is 0.281 e. The second kappa shape index (κ2) is 6.24. The molecule has 0 bridgehead atoms. The highest BCUT2D eigenvalue weighted by atomic mass is 35.5. The Morgan fingerprint density at radius 1 is 1.14 bits per heavy atom. The zero-order chi connectivity index (χ0) is 15.7. The van der Waals surface area contributed by atoms with Crippen LogP contribution >= 0.6 is 34.5 Å². The van der Waals surface area contributed by atoms with Gasteiger partial charge < -0.3 is 4.57 Å². The molecule has 0 radical (unpaired) electrons. The number of hydrogen-bond donors (Lipinski definition) is 0. The fraction of sp³-hybridized carbons (Fsp3) is 0.125. The van der Waals surface area contributed by atoms with Crippen LogP contribution < -0.4 is 4.80 Å². The van der Waals surface area contributed by atoms with Gasteiger partial charge in [0.2, 0.25) is 0 Å². The van der Waals surface area contributed by atoms with Crippen LogP contribution in [0.2, 0.25) is 10.0 Å². The maximum atomic E-state index is 12.4. The molecular formula is C16H12Cl2N2OS. The number of rotatable bonds is 2. The number of nitrogens with zero attached hydrogens (tertiary/aromatic N) is 2. The molecule has 1 amide bonds. The zero-order valence-electron chi connectivity index (χ0n) is 11.7. The lowest BCUT2D eigenvalue weighted by molar-refractivity contribution is 0.0998. The van der Waals surface area contributed by atoms with Gasteiger partial charge >= 0.3 is 0 Å². The van der Waals surface area contributed by atoms with Gasteiger partial charge in [0.15, 0.2) is 4.80 Å². The molecule has 0 saturated carbocycles. The average Bonchev–Trinajstić information content (AvgIpc) is 2.86. The lowest BCUT2D eigenvalue weighted by Gasteiger charge is -2.02. The van der Waals surface area contributed by atoms with Gasteiger partial charge in [0.25, 0.3) is 5.91 Å². The normalized spacial score (nSPS) is 12.0. The minimum absolute atomic E-state index is 0.351. The van der Waals surface area contributed by atoms with Gasteiger partial charge in [-0.2, -0.15) is 4.99 Å². The predicted molar refractivity (Wildman–Crippen MR) is 91.8 cm³/mol. The molecule has 6 heteroatoms. The van der Waals surface area contributed by atoms with E-state index in [-0.39, 0.29) is 5.91 Å². The summed E-state index contributed by atoms with van der Waals surface area (Å²) in [5.41, 5.74) is 1.30. The summed E-state index contributed by atoms with van der Waals surface area (Å²) in [7, 11) is 0. The van der Waals surface area contributed by atoms with Crippen LogP contribution in [0, 0.1) is 0 Å². The zero-order valence-corrected chi connectivity index (χ0v) is 14.0. The average molecular weight is 351 g/mol. The maximum Gasteiger partial charge on any atom is 0.281 e. The summed E-state index contributed by atoms with van der Waals surface area (Å²) in [4.78, 5) is 17.2. The van der Waals surface area contributed by atoms with Crippen LogP contribution in [0.5, 0.6) is 0 Å². The number of carbonyl (C=O) groups is 1. The molecule has 22 heavy (non-hydrogen) atoms. The van der Waals surface area contributed by atoms with Crippen molar-refractivity contribution in [1.29, 1.82) is 0 Å². The van der Waals surface area contributed by atoms with Crippen molar-refractivity contribution >= 4 is 50.7 Å². The highest BCUT2D eigenvalue weighted by Crippen LogP contribution is 2.25. The van der Waals surface area contributed by atoms with E-state index in [1.807, 2.05) is 29.7 Å². The van der Waals surface area contributed by atoms with Gasteiger partial charge in [-0.05, 0) is 31.2 Å². The fourth-order valence-electron chi connectivity index (χ4n) is 2.25. The van der Waals surface area contributed by atoms with Crippen LogP contribution in [0.25, 0.3) is 10.2 Å². The molecule has 0 aliphatic rings. The molecular weight excluding hydrogens is 339 g/mol. The highest BCUT2D eigenvalue weighted by molar-refractivity contribution is 7.16. The van der Waals surface area contributed by atoms with E-state index in [4.69, 9.17) is 23.2 Å². The van der Waals surface area contributed by atoms with E-state index >= 15 is 0 Å². The van der Waals surface area contributed by atoms with Crippen molar-refractivity contribution in [3.8, 4) is 0 Å². The third kappa shape index (κ3) is 2.70. The van der Waals surface area contributed by atoms with Crippen LogP contribution in [0.15, 0.2) is 47.5 Å². The van der Waals surface area contributed by atoms with E-state index in [9.17, 15) is 4.79 Å². The Hall–Kier alpha value is -1.62. The first-order valence-electron chi connectivity index (χ1n) is 6.73. The molecule has 3 rings (SSSR count). The first kappa shape index (κ1) is 15.3. The topological polar surface area (TPSA) is 34.4 Å². The number of fused-ring (bicyclic) bond motifs is 1. The molecule has 0 atom stereocenters. The molecule has 0 unspecified atom stereocenters. The van der Waals surface area contributed by atoms with Gasteiger partial charge in [0.1, 0.15) is 0 Å². The lowest BCUT2D eigenvalue weighted by atomic mass is 10.2. The summed E-state index contributed by atoms with van der Waals surface area (Å²) in [5.74, 6) is -0.351. The van der Waals surface area contributed by atoms with E-state index in [0.717, 1.165) is 10.2 Å². The first-order chi connectivity index (χ1) is 10.6. The number of hydrogen-bond acceptors (Lipinski definition) is 2. The quantitative estimate of drug-likeness (QED) is 0.655. The number of thiazole rings is 1. The van der Waals surface area contributed by atoms with Crippen molar-refractivity contribution in [3.05, 3.63) is 62.9 Å². The number of carbonyl (C=O) groups excluding carboxylic acids is 1. The molecule has 0 saturated heterocycles. The van der Waals surface area contributed by atoms with E-state index < -0.39 is 0 Å². The van der Waals surface area contributed by atoms with Gasteiger partial charge in [-0.1, -0.05) is 52.7 Å². The number of halogens is 2. The minimum atomic E-state index is -0.351. The molecule has 1 heterocycles. The van der Waals surface area contributed by atoms with E-state index in [1.165, 1.54) is 11.3 Å². The Kier molecular flexibility index (Phi) is 4.34. The van der Waals surface area contributed by atoms with Gasteiger partial charge in [0.05, 0.1) is 25.8 Å². The third-order valence-corrected chi connectivity index (χ3v) is 4.95. The van der Waals surface area contributed by atoms with E-state index in [2.05, 4.69) is 4.99 Å². The Bertz CT molecular complexity index is 927. The molecule has 0 aliphatic carbocycles. The summed E-state index contributed by atoms with van der Waals surface area (Å²) in [6.07, 6.45) is 0. The van der Waals surface area contributed by atoms with E-state index in [0.29, 0.717) is 27.0 Å². The number of para-hydroxylation sites is 1. The molecule has 3 nitrogen and oxygen atoms in total. The second-order valence-corrected chi connectivity index (χ2v) is 6.44. The van der Waals surface area contributed by atoms with Crippen molar-refractivity contribution in [2.24, 2.45) is 4.99 Å². The maximum absolute atomic E-state index is 12.4. The summed E-state index contributed by atoms with van der Waals surface area (Å²) in [6.45, 7) is 2.67. The Morgan fingerprint density at radius 2 is 1.86 bits per heavy atom. The van der Waals surface area contributed by atoms with Gasteiger partial charge in [-0.25, -0.2) is 0 Å². The Morgan fingerprint density at radius 3 is 2.59 bits per heavy atom. The molecule has 0 aliphatic heterocycles. The second-order valence-electron chi connectivity index (χ2n) is 4.61. The van der Waals surface area contributed by atoms with Crippen molar-refractivity contribution in [3.63, 3.8) is 0 Å². The molecule has 112 valence electrons. The van der Waals surface area contributed by atoms with Crippen molar-refractivity contribution < 1.29 is 4.79 Å². The van der Waals surface area contributed by atoms with Gasteiger partial charge in [-0.3, -0.25) is 4.79 Å². The summed E-state index contributed by atoms with van der Waals surface area (Å²) in [5, 5.41) is 1.06. The first-order valence-corrected chi connectivity index (χ1v) is 8.30. The van der Waals surface area contributed by atoms with E-state index in [1.54, 1.807) is 24.3 Å². The number of aryl methyl sites for hydroxylation is 1. The highest BCUT2D eigenvalue weighted by Gasteiger charge is 2.12. The molecule has 1 aromatic heterocycles. The van der Waals surface area contributed by atoms with Crippen LogP contribution in [-0.4, -0.2) is 10.5 Å². The van der Waals surface area contributed by atoms with Crippen LogP contribution in [0.3, 0.4) is 0 Å². The number of benzene rings is 2. The lowest BCUT2D eigenvalue weighted by Crippen LogP contribution is -2.16. The standard InChI is InChI=1S/C16H12Cl2N2OS/c1-2-20-14-12(18)8-5-9-13(14)22-16(20)19-15(21)10-6-3-4-7-11(10)17/h3-9H,2H2,1H3. The summed E-state index contributed by atoms with van der Waals surface area (Å²) in [6, 6.07) is 12.6. The Balaban J connectivity index is 2.20. The SMILES string of the molecule is CCn1c(=NC(=O)c2ccccc2Cl)sc2cccc(Cl)c21.